The zero-order chi connectivity index (χ0) is 15.0. The van der Waals surface area contributed by atoms with Crippen LogP contribution in [0.15, 0.2) is 6.20 Å². The summed E-state index contributed by atoms with van der Waals surface area (Å²) in [6.07, 6.45) is 3.80. The van der Waals surface area contributed by atoms with Gasteiger partial charge in [-0.1, -0.05) is 13.8 Å². The van der Waals surface area contributed by atoms with Gasteiger partial charge in [0.25, 0.3) is 0 Å². The quantitative estimate of drug-likeness (QED) is 0.706. The molecular weight excluding hydrogens is 252 g/mol. The van der Waals surface area contributed by atoms with E-state index in [1.54, 1.807) is 7.11 Å². The van der Waals surface area contributed by atoms with Crippen molar-refractivity contribution >= 4 is 0 Å². The fourth-order valence-corrected chi connectivity index (χ4v) is 2.36. The number of aromatic nitrogens is 1. The van der Waals surface area contributed by atoms with Crippen molar-refractivity contribution in [3.8, 4) is 5.75 Å². The minimum Gasteiger partial charge on any atom is -0.496 e. The third-order valence-electron chi connectivity index (χ3n) is 3.35. The van der Waals surface area contributed by atoms with Gasteiger partial charge in [0.15, 0.2) is 0 Å². The normalized spacial score (nSPS) is 12.4. The predicted molar refractivity (Wildman–Crippen MR) is 82.5 cm³/mol. The van der Waals surface area contributed by atoms with Crippen molar-refractivity contribution in [3.63, 3.8) is 0 Å². The molecule has 0 aliphatic rings. The first-order valence-corrected chi connectivity index (χ1v) is 7.44. The van der Waals surface area contributed by atoms with Gasteiger partial charge < -0.3 is 14.8 Å². The van der Waals surface area contributed by atoms with Crippen molar-refractivity contribution in [2.45, 2.75) is 46.6 Å². The Labute approximate surface area is 122 Å². The van der Waals surface area contributed by atoms with Crippen molar-refractivity contribution < 1.29 is 9.47 Å². The lowest BCUT2D eigenvalue weighted by Crippen LogP contribution is -2.36. The molecule has 0 aliphatic heterocycles. The molecule has 0 bridgehead atoms. The second-order valence-corrected chi connectivity index (χ2v) is 5.08. The smallest absolute Gasteiger partial charge is 0.128 e. The molecule has 20 heavy (non-hydrogen) atoms. The van der Waals surface area contributed by atoms with Crippen LogP contribution in [0.1, 0.15) is 37.1 Å². The maximum Gasteiger partial charge on any atom is 0.128 e. The lowest BCUT2D eigenvalue weighted by molar-refractivity contribution is 0.112. The summed E-state index contributed by atoms with van der Waals surface area (Å²) < 4.78 is 11.1. The number of hydrogen-bond acceptors (Lipinski definition) is 4. The Balaban J connectivity index is 2.77. The van der Waals surface area contributed by atoms with Crippen LogP contribution in [0.4, 0.5) is 0 Å². The maximum absolute atomic E-state index is 5.67. The maximum atomic E-state index is 5.67. The number of ether oxygens (including phenoxy) is 2. The molecule has 0 saturated carbocycles. The average molecular weight is 280 g/mol. The number of nitrogens with zero attached hydrogens (tertiary/aromatic N) is 1. The topological polar surface area (TPSA) is 43.4 Å². The minimum atomic E-state index is 0.296. The third-order valence-corrected chi connectivity index (χ3v) is 3.35. The Morgan fingerprint density at radius 3 is 2.65 bits per heavy atom. The van der Waals surface area contributed by atoms with E-state index < -0.39 is 0 Å². The van der Waals surface area contributed by atoms with Gasteiger partial charge in [-0.25, -0.2) is 0 Å². The van der Waals surface area contributed by atoms with E-state index in [4.69, 9.17) is 9.47 Å². The van der Waals surface area contributed by atoms with Crippen LogP contribution in [-0.4, -0.2) is 37.9 Å². The van der Waals surface area contributed by atoms with Crippen LogP contribution in [0.3, 0.4) is 0 Å². The van der Waals surface area contributed by atoms with E-state index in [-0.39, 0.29) is 0 Å². The molecule has 0 amide bonds. The molecule has 1 rings (SSSR count). The van der Waals surface area contributed by atoms with E-state index in [9.17, 15) is 0 Å². The first-order valence-electron chi connectivity index (χ1n) is 7.44. The van der Waals surface area contributed by atoms with E-state index >= 15 is 0 Å². The number of nitrogens with one attached hydrogen (secondary N) is 1. The van der Waals surface area contributed by atoms with Gasteiger partial charge in [-0.2, -0.15) is 0 Å². The average Bonchev–Trinajstić information content (AvgIpc) is 2.43. The molecule has 4 heteroatoms. The van der Waals surface area contributed by atoms with Crippen LogP contribution >= 0.6 is 0 Å². The first-order chi connectivity index (χ1) is 9.63. The highest BCUT2D eigenvalue weighted by atomic mass is 16.5. The predicted octanol–water partition coefficient (Wildman–Crippen LogP) is 2.65. The summed E-state index contributed by atoms with van der Waals surface area (Å²) in [5.41, 5.74) is 3.29. The molecule has 0 fully saturated rings. The van der Waals surface area contributed by atoms with Gasteiger partial charge in [-0.15, -0.1) is 0 Å². The summed E-state index contributed by atoms with van der Waals surface area (Å²) >= 11 is 0. The largest absolute Gasteiger partial charge is 0.496 e. The SMILES string of the molecule is CCCOCC(Cc1ncc(C)c(OC)c1C)NCC. The molecule has 1 heterocycles. The summed E-state index contributed by atoms with van der Waals surface area (Å²) in [5.74, 6) is 0.944. The Hall–Kier alpha value is -1.13. The summed E-state index contributed by atoms with van der Waals surface area (Å²) in [6.45, 7) is 10.8. The Morgan fingerprint density at radius 2 is 2.05 bits per heavy atom. The molecular formula is C16H28N2O2. The highest BCUT2D eigenvalue weighted by molar-refractivity contribution is 5.41. The van der Waals surface area contributed by atoms with Crippen LogP contribution in [0.2, 0.25) is 0 Å². The van der Waals surface area contributed by atoms with E-state index in [2.05, 4.69) is 31.1 Å². The number of hydrogen-bond donors (Lipinski definition) is 1. The Morgan fingerprint density at radius 1 is 1.30 bits per heavy atom. The molecule has 0 aliphatic carbocycles. The molecule has 1 aromatic heterocycles. The lowest BCUT2D eigenvalue weighted by atomic mass is 10.0. The summed E-state index contributed by atoms with van der Waals surface area (Å²) in [4.78, 5) is 4.56. The summed E-state index contributed by atoms with van der Waals surface area (Å²) in [5, 5.41) is 3.46. The van der Waals surface area contributed by atoms with Crippen LogP contribution in [0.25, 0.3) is 0 Å². The van der Waals surface area contributed by atoms with Gasteiger partial charge in [0.1, 0.15) is 5.75 Å². The van der Waals surface area contributed by atoms with Crippen LogP contribution in [-0.2, 0) is 11.2 Å². The molecule has 1 aromatic rings. The van der Waals surface area contributed by atoms with Crippen LogP contribution < -0.4 is 10.1 Å². The lowest BCUT2D eigenvalue weighted by Gasteiger charge is -2.19. The van der Waals surface area contributed by atoms with E-state index in [1.165, 1.54) is 0 Å². The second-order valence-electron chi connectivity index (χ2n) is 5.08. The molecule has 1 atom stereocenters. The molecule has 0 aromatic carbocycles. The summed E-state index contributed by atoms with van der Waals surface area (Å²) in [6, 6.07) is 0.296. The van der Waals surface area contributed by atoms with Gasteiger partial charge in [-0.3, -0.25) is 4.98 Å². The van der Waals surface area contributed by atoms with Gasteiger partial charge in [-0.05, 0) is 26.8 Å². The number of likely N-dealkylation sites (N-methyl/N-ethyl adjacent to an activating group) is 1. The van der Waals surface area contributed by atoms with Crippen molar-refractivity contribution in [2.75, 3.05) is 26.9 Å². The van der Waals surface area contributed by atoms with Gasteiger partial charge in [0, 0.05) is 42.1 Å². The molecule has 0 spiro atoms. The number of rotatable bonds is 9. The first kappa shape index (κ1) is 16.9. The van der Waals surface area contributed by atoms with Crippen molar-refractivity contribution in [3.05, 3.63) is 23.0 Å². The third kappa shape index (κ3) is 4.76. The Kier molecular flexibility index (Phi) is 7.55. The fraction of sp³-hybridized carbons (Fsp3) is 0.688. The standard InChI is InChI=1S/C16H28N2O2/c1-6-8-20-11-14(17-7-2)9-15-13(4)16(19-5)12(3)10-18-15/h10,14,17H,6-9,11H2,1-5H3. The second kappa shape index (κ2) is 8.93. The Bertz CT molecular complexity index is 408. The molecule has 4 nitrogen and oxygen atoms in total. The van der Waals surface area contributed by atoms with Crippen molar-refractivity contribution in [1.29, 1.82) is 0 Å². The van der Waals surface area contributed by atoms with Crippen molar-refractivity contribution in [2.24, 2.45) is 0 Å². The summed E-state index contributed by atoms with van der Waals surface area (Å²) in [7, 11) is 1.71. The zero-order valence-corrected chi connectivity index (χ0v) is 13.5. The molecule has 1 unspecified atom stereocenters. The van der Waals surface area contributed by atoms with Gasteiger partial charge in [0.2, 0.25) is 0 Å². The molecule has 114 valence electrons. The molecule has 0 radical (unpaired) electrons. The van der Waals surface area contributed by atoms with Crippen molar-refractivity contribution in [1.82, 2.24) is 10.3 Å². The molecule has 0 saturated heterocycles. The van der Waals surface area contributed by atoms with Crippen LogP contribution in [0, 0.1) is 13.8 Å². The van der Waals surface area contributed by atoms with E-state index in [0.29, 0.717) is 6.04 Å². The van der Waals surface area contributed by atoms with E-state index in [1.807, 2.05) is 13.1 Å². The molecule has 1 N–H and O–H groups in total. The van der Waals surface area contributed by atoms with Gasteiger partial charge >= 0.3 is 0 Å². The fourth-order valence-electron chi connectivity index (χ4n) is 2.36. The number of pyridine rings is 1. The number of methoxy groups -OCH3 is 1. The number of aryl methyl sites for hydroxylation is 1. The van der Waals surface area contributed by atoms with Crippen LogP contribution in [0.5, 0.6) is 5.75 Å². The van der Waals surface area contributed by atoms with Gasteiger partial charge in [0.05, 0.1) is 13.7 Å². The highest BCUT2D eigenvalue weighted by Crippen LogP contribution is 2.24. The zero-order valence-electron chi connectivity index (χ0n) is 13.5. The minimum absolute atomic E-state index is 0.296. The highest BCUT2D eigenvalue weighted by Gasteiger charge is 2.15. The van der Waals surface area contributed by atoms with E-state index in [0.717, 1.165) is 55.2 Å². The monoisotopic (exact) mass is 280 g/mol.